The fourth-order valence-corrected chi connectivity index (χ4v) is 1.57. The van der Waals surface area contributed by atoms with E-state index in [1.54, 1.807) is 25.2 Å². The molecule has 0 aliphatic heterocycles. The van der Waals surface area contributed by atoms with Crippen LogP contribution in [-0.2, 0) is 11.8 Å². The molecule has 0 unspecified atom stereocenters. The highest BCUT2D eigenvalue weighted by Crippen LogP contribution is 2.25. The largest absolute Gasteiger partial charge is 0.479 e. The molecule has 1 N–H and O–H groups in total. The number of nitrogens with zero attached hydrogens (tertiary/aromatic N) is 2. The minimum absolute atomic E-state index is 0.151. The number of aryl methyl sites for hydroxylation is 1. The van der Waals surface area contributed by atoms with Gasteiger partial charge in [0.25, 0.3) is 0 Å². The van der Waals surface area contributed by atoms with Crippen LogP contribution in [0.5, 0.6) is 5.88 Å². The van der Waals surface area contributed by atoms with Crippen molar-refractivity contribution in [1.29, 1.82) is 0 Å². The van der Waals surface area contributed by atoms with Crippen LogP contribution in [0.3, 0.4) is 0 Å². The van der Waals surface area contributed by atoms with E-state index in [1.165, 1.54) is 16.8 Å². The van der Waals surface area contributed by atoms with Gasteiger partial charge in [0, 0.05) is 18.7 Å². The van der Waals surface area contributed by atoms with E-state index < -0.39 is 12.6 Å². The quantitative estimate of drug-likeness (QED) is 0.896. The van der Waals surface area contributed by atoms with Gasteiger partial charge in [0.15, 0.2) is 6.61 Å². The zero-order valence-corrected chi connectivity index (χ0v) is 9.63. The number of halogens is 1. The lowest BCUT2D eigenvalue weighted by Crippen LogP contribution is -2.09. The summed E-state index contributed by atoms with van der Waals surface area (Å²) in [5, 5.41) is 12.5. The summed E-state index contributed by atoms with van der Waals surface area (Å²) in [7, 11) is 1.63. The van der Waals surface area contributed by atoms with Gasteiger partial charge in [-0.1, -0.05) is 12.1 Å². The fraction of sp³-hybridized carbons (Fsp3) is 0.167. The van der Waals surface area contributed by atoms with E-state index in [1.807, 2.05) is 0 Å². The summed E-state index contributed by atoms with van der Waals surface area (Å²) in [6.45, 7) is -0.478. The molecule has 0 aliphatic carbocycles. The predicted molar refractivity (Wildman–Crippen MR) is 61.7 cm³/mol. The second-order valence-electron chi connectivity index (χ2n) is 3.65. The van der Waals surface area contributed by atoms with Crippen molar-refractivity contribution < 1.29 is 19.0 Å². The number of rotatable bonds is 4. The SMILES string of the molecule is Cn1nc(OCC(=O)O)cc1-c1ccccc1F. The fourth-order valence-electron chi connectivity index (χ4n) is 1.57. The molecule has 1 aromatic heterocycles. The monoisotopic (exact) mass is 250 g/mol. The predicted octanol–water partition coefficient (Wildman–Crippen LogP) is 1.69. The third kappa shape index (κ3) is 2.48. The number of benzene rings is 1. The van der Waals surface area contributed by atoms with Crippen molar-refractivity contribution in [2.24, 2.45) is 7.05 Å². The topological polar surface area (TPSA) is 64.4 Å². The van der Waals surface area contributed by atoms with Crippen LogP contribution >= 0.6 is 0 Å². The number of carboxylic acid groups (broad SMARTS) is 1. The standard InChI is InChI=1S/C12H11FN2O3/c1-15-10(8-4-2-3-5-9(8)13)6-11(14-15)18-7-12(16)17/h2-6H,7H2,1H3,(H,16,17). The van der Waals surface area contributed by atoms with Crippen LogP contribution in [0.15, 0.2) is 30.3 Å². The average molecular weight is 250 g/mol. The molecule has 2 rings (SSSR count). The van der Waals surface area contributed by atoms with E-state index in [-0.39, 0.29) is 11.7 Å². The molecular weight excluding hydrogens is 239 g/mol. The highest BCUT2D eigenvalue weighted by Gasteiger charge is 2.12. The molecule has 1 aromatic carbocycles. The van der Waals surface area contributed by atoms with Gasteiger partial charge < -0.3 is 9.84 Å². The van der Waals surface area contributed by atoms with E-state index in [2.05, 4.69) is 5.10 Å². The average Bonchev–Trinajstić information content (AvgIpc) is 2.69. The highest BCUT2D eigenvalue weighted by molar-refractivity contribution is 5.68. The van der Waals surface area contributed by atoms with Crippen LogP contribution in [-0.4, -0.2) is 27.5 Å². The molecule has 0 atom stereocenters. The van der Waals surface area contributed by atoms with Gasteiger partial charge >= 0.3 is 5.97 Å². The lowest BCUT2D eigenvalue weighted by Gasteiger charge is -2.01. The second kappa shape index (κ2) is 4.87. The van der Waals surface area contributed by atoms with Crippen LogP contribution in [0.2, 0.25) is 0 Å². The zero-order chi connectivity index (χ0) is 13.1. The third-order valence-electron chi connectivity index (χ3n) is 2.35. The molecule has 0 saturated heterocycles. The Balaban J connectivity index is 2.30. The molecule has 18 heavy (non-hydrogen) atoms. The summed E-state index contributed by atoms with van der Waals surface area (Å²) in [5.41, 5.74) is 0.908. The number of carbonyl (C=O) groups is 1. The maximum absolute atomic E-state index is 13.6. The Bertz CT molecular complexity index is 580. The summed E-state index contributed by atoms with van der Waals surface area (Å²) >= 11 is 0. The normalized spacial score (nSPS) is 10.3. The van der Waals surface area contributed by atoms with Crippen LogP contribution < -0.4 is 4.74 Å². The summed E-state index contributed by atoms with van der Waals surface area (Å²) in [6, 6.07) is 7.77. The number of hydrogen-bond donors (Lipinski definition) is 1. The van der Waals surface area contributed by atoms with Crippen molar-refractivity contribution >= 4 is 5.97 Å². The molecular formula is C12H11FN2O3. The second-order valence-corrected chi connectivity index (χ2v) is 3.65. The van der Waals surface area contributed by atoms with Crippen molar-refractivity contribution in [2.75, 3.05) is 6.61 Å². The summed E-state index contributed by atoms with van der Waals surface area (Å²) in [6.07, 6.45) is 0. The molecule has 0 spiro atoms. The van der Waals surface area contributed by atoms with Crippen molar-refractivity contribution in [3.8, 4) is 17.1 Å². The number of aromatic nitrogens is 2. The molecule has 0 aliphatic rings. The lowest BCUT2D eigenvalue weighted by atomic mass is 10.1. The van der Waals surface area contributed by atoms with Crippen molar-refractivity contribution in [3.63, 3.8) is 0 Å². The van der Waals surface area contributed by atoms with E-state index >= 15 is 0 Å². The van der Waals surface area contributed by atoms with Crippen molar-refractivity contribution in [2.45, 2.75) is 0 Å². The van der Waals surface area contributed by atoms with Crippen molar-refractivity contribution in [1.82, 2.24) is 9.78 Å². The first-order valence-electron chi connectivity index (χ1n) is 5.21. The summed E-state index contributed by atoms with van der Waals surface area (Å²) in [4.78, 5) is 10.4. The summed E-state index contributed by atoms with van der Waals surface area (Å²) < 4.78 is 20.0. The number of aliphatic carboxylic acids is 1. The minimum Gasteiger partial charge on any atom is -0.479 e. The lowest BCUT2D eigenvalue weighted by molar-refractivity contribution is -0.139. The molecule has 6 heteroatoms. The molecule has 0 amide bonds. The van der Waals surface area contributed by atoms with E-state index in [0.717, 1.165) is 0 Å². The first kappa shape index (κ1) is 12.1. The molecule has 0 radical (unpaired) electrons. The Kier molecular flexibility index (Phi) is 3.27. The smallest absolute Gasteiger partial charge is 0.341 e. The molecule has 1 heterocycles. The molecule has 94 valence electrons. The minimum atomic E-state index is -1.09. The number of carboxylic acids is 1. The van der Waals surface area contributed by atoms with Crippen molar-refractivity contribution in [3.05, 3.63) is 36.1 Å². The van der Waals surface area contributed by atoms with Gasteiger partial charge in [-0.2, -0.15) is 0 Å². The van der Waals surface area contributed by atoms with Crippen LogP contribution in [0.25, 0.3) is 11.3 Å². The first-order valence-corrected chi connectivity index (χ1v) is 5.21. The molecule has 5 nitrogen and oxygen atoms in total. The zero-order valence-electron chi connectivity index (χ0n) is 9.63. The molecule has 0 bridgehead atoms. The van der Waals surface area contributed by atoms with Gasteiger partial charge in [-0.05, 0) is 12.1 Å². The van der Waals surface area contributed by atoms with E-state index in [4.69, 9.17) is 9.84 Å². The summed E-state index contributed by atoms with van der Waals surface area (Å²) in [5.74, 6) is -1.31. The van der Waals surface area contributed by atoms with Gasteiger partial charge in [0.2, 0.25) is 5.88 Å². The Morgan fingerprint density at radius 1 is 1.50 bits per heavy atom. The van der Waals surface area contributed by atoms with Crippen LogP contribution in [0.1, 0.15) is 0 Å². The highest BCUT2D eigenvalue weighted by atomic mass is 19.1. The third-order valence-corrected chi connectivity index (χ3v) is 2.35. The van der Waals surface area contributed by atoms with Crippen LogP contribution in [0.4, 0.5) is 4.39 Å². The molecule has 0 saturated carbocycles. The Labute approximate surface area is 102 Å². The Hall–Kier alpha value is -2.37. The maximum Gasteiger partial charge on any atom is 0.341 e. The molecule has 2 aromatic rings. The van der Waals surface area contributed by atoms with Gasteiger partial charge in [0.05, 0.1) is 5.69 Å². The van der Waals surface area contributed by atoms with Gasteiger partial charge in [-0.25, -0.2) is 9.18 Å². The Morgan fingerprint density at radius 3 is 2.89 bits per heavy atom. The van der Waals surface area contributed by atoms with E-state index in [9.17, 15) is 9.18 Å². The number of hydrogen-bond acceptors (Lipinski definition) is 3. The maximum atomic E-state index is 13.6. The van der Waals surface area contributed by atoms with Gasteiger partial charge in [-0.3, -0.25) is 4.68 Å². The molecule has 0 fully saturated rings. The van der Waals surface area contributed by atoms with Crippen LogP contribution in [0, 0.1) is 5.82 Å². The first-order chi connectivity index (χ1) is 8.58. The number of ether oxygens (including phenoxy) is 1. The van der Waals surface area contributed by atoms with Gasteiger partial charge in [-0.15, -0.1) is 5.10 Å². The Morgan fingerprint density at radius 2 is 2.22 bits per heavy atom. The van der Waals surface area contributed by atoms with Gasteiger partial charge in [0.1, 0.15) is 5.82 Å². The van der Waals surface area contributed by atoms with E-state index in [0.29, 0.717) is 11.3 Å².